The minimum Gasteiger partial charge on any atom is -0.352 e. The number of benzene rings is 4. The molecule has 0 aliphatic heterocycles. The Balaban J connectivity index is 1.61. The number of sulfonamides is 1. The van der Waals surface area contributed by atoms with E-state index in [1.807, 2.05) is 18.2 Å². The third kappa shape index (κ3) is 9.18. The maximum Gasteiger partial charge on any atom is 0.416 e. The summed E-state index contributed by atoms with van der Waals surface area (Å²) >= 11 is 12.5. The maximum absolute atomic E-state index is 14.6. The van der Waals surface area contributed by atoms with Crippen LogP contribution in [0, 0.1) is 6.92 Å². The summed E-state index contributed by atoms with van der Waals surface area (Å²) in [7, 11) is -4.59. The predicted molar refractivity (Wildman–Crippen MR) is 188 cm³/mol. The van der Waals surface area contributed by atoms with E-state index in [-0.39, 0.29) is 39.6 Å². The van der Waals surface area contributed by atoms with Crippen LogP contribution in [0.4, 0.5) is 18.9 Å². The monoisotopic (exact) mass is 745 g/mol. The molecule has 2 amide bonds. The van der Waals surface area contributed by atoms with Crippen LogP contribution in [-0.2, 0) is 38.8 Å². The SMILES string of the molecule is Cc1ccc(S(=O)(=O)N(CC(=O)N(Cc2ccc(Cl)c(Cl)c2)[C@H](Cc2ccccc2)C(=O)NC2CCCC2)c2cccc(C(F)(F)F)c2)cc1. The highest BCUT2D eigenvalue weighted by atomic mass is 35.5. The summed E-state index contributed by atoms with van der Waals surface area (Å²) in [5.74, 6) is -1.24. The highest BCUT2D eigenvalue weighted by molar-refractivity contribution is 7.92. The second kappa shape index (κ2) is 15.9. The van der Waals surface area contributed by atoms with Crippen molar-refractivity contribution in [2.75, 3.05) is 10.8 Å². The molecular weight excluding hydrogens is 710 g/mol. The number of nitrogens with zero attached hydrogens (tertiary/aromatic N) is 2. The number of amides is 2. The summed E-state index contributed by atoms with van der Waals surface area (Å²) in [6, 6.07) is 22.1. The summed E-state index contributed by atoms with van der Waals surface area (Å²) in [5.41, 5.74) is 0.561. The zero-order valence-corrected chi connectivity index (χ0v) is 29.5. The van der Waals surface area contributed by atoms with Gasteiger partial charge in [-0.2, -0.15) is 13.2 Å². The number of carbonyl (C=O) groups excluding carboxylic acids is 2. The van der Waals surface area contributed by atoms with Crippen molar-refractivity contribution < 1.29 is 31.2 Å². The number of alkyl halides is 3. The standard InChI is InChI=1S/C37H36Cl2F3N3O4S/c1-25-14-17-31(18-15-25)50(48,49)45(30-13-7-10-28(22-30)37(40,41)42)24-35(46)44(23-27-16-19-32(38)33(39)20-27)34(21-26-8-3-2-4-9-26)36(47)43-29-11-5-6-12-29/h2-4,7-10,13-20,22,29,34H,5-6,11-12,21,23-24H2,1H3,(H,43,47)/t34-/m1/s1. The van der Waals surface area contributed by atoms with E-state index in [1.54, 1.807) is 49.4 Å². The quantitative estimate of drug-likeness (QED) is 0.158. The fourth-order valence-electron chi connectivity index (χ4n) is 5.96. The lowest BCUT2D eigenvalue weighted by Gasteiger charge is -2.34. The molecule has 0 spiro atoms. The average Bonchev–Trinajstić information content (AvgIpc) is 3.60. The lowest BCUT2D eigenvalue weighted by Crippen LogP contribution is -2.54. The Bertz CT molecular complexity index is 1920. The molecule has 1 saturated carbocycles. The number of rotatable bonds is 12. The van der Waals surface area contributed by atoms with Crippen molar-refractivity contribution in [1.29, 1.82) is 0 Å². The smallest absolute Gasteiger partial charge is 0.352 e. The van der Waals surface area contributed by atoms with Crippen LogP contribution in [0.15, 0.2) is 102 Å². The Morgan fingerprint density at radius 2 is 1.54 bits per heavy atom. The van der Waals surface area contributed by atoms with Gasteiger partial charge in [0.1, 0.15) is 12.6 Å². The number of hydrogen-bond acceptors (Lipinski definition) is 4. The number of halogens is 5. The maximum atomic E-state index is 14.6. The molecule has 264 valence electrons. The van der Waals surface area contributed by atoms with Gasteiger partial charge in [-0.05, 0) is 73.4 Å². The fourth-order valence-corrected chi connectivity index (χ4v) is 7.69. The van der Waals surface area contributed by atoms with Crippen LogP contribution >= 0.6 is 23.2 Å². The molecule has 5 rings (SSSR count). The van der Waals surface area contributed by atoms with E-state index in [1.165, 1.54) is 23.1 Å². The Morgan fingerprint density at radius 1 is 0.860 bits per heavy atom. The third-order valence-electron chi connectivity index (χ3n) is 8.66. The van der Waals surface area contributed by atoms with E-state index in [4.69, 9.17) is 23.2 Å². The molecule has 1 fully saturated rings. The van der Waals surface area contributed by atoms with Crippen molar-refractivity contribution in [3.63, 3.8) is 0 Å². The highest BCUT2D eigenvalue weighted by Crippen LogP contribution is 2.34. The molecule has 4 aromatic carbocycles. The van der Waals surface area contributed by atoms with Gasteiger partial charge in [0.25, 0.3) is 10.0 Å². The van der Waals surface area contributed by atoms with E-state index in [0.29, 0.717) is 15.9 Å². The highest BCUT2D eigenvalue weighted by Gasteiger charge is 2.37. The number of anilines is 1. The lowest BCUT2D eigenvalue weighted by atomic mass is 10.0. The van der Waals surface area contributed by atoms with Crippen LogP contribution in [0.2, 0.25) is 10.0 Å². The average molecular weight is 747 g/mol. The van der Waals surface area contributed by atoms with E-state index in [9.17, 15) is 31.2 Å². The van der Waals surface area contributed by atoms with Gasteiger partial charge in [-0.1, -0.05) is 96.2 Å². The molecule has 0 aromatic heterocycles. The first-order valence-electron chi connectivity index (χ1n) is 16.1. The van der Waals surface area contributed by atoms with Gasteiger partial charge in [0.2, 0.25) is 11.8 Å². The van der Waals surface area contributed by atoms with Crippen molar-refractivity contribution in [2.45, 2.75) is 68.7 Å². The van der Waals surface area contributed by atoms with Gasteiger partial charge in [0.15, 0.2) is 0 Å². The largest absolute Gasteiger partial charge is 0.416 e. The summed E-state index contributed by atoms with van der Waals surface area (Å²) in [6.45, 7) is 0.683. The lowest BCUT2D eigenvalue weighted by molar-refractivity contribution is -0.140. The van der Waals surface area contributed by atoms with E-state index >= 15 is 0 Å². The van der Waals surface area contributed by atoms with Crippen LogP contribution in [0.1, 0.15) is 47.9 Å². The summed E-state index contributed by atoms with van der Waals surface area (Å²) in [4.78, 5) is 29.8. The van der Waals surface area contributed by atoms with Gasteiger partial charge in [0.05, 0.1) is 26.2 Å². The zero-order chi connectivity index (χ0) is 36.1. The third-order valence-corrected chi connectivity index (χ3v) is 11.2. The van der Waals surface area contributed by atoms with Crippen molar-refractivity contribution in [3.8, 4) is 0 Å². The molecule has 7 nitrogen and oxygen atoms in total. The fraction of sp³-hybridized carbons (Fsp3) is 0.297. The minimum absolute atomic E-state index is 0.0841. The molecule has 0 unspecified atom stereocenters. The van der Waals surface area contributed by atoms with Crippen LogP contribution < -0.4 is 9.62 Å². The number of carbonyl (C=O) groups is 2. The summed E-state index contributed by atoms with van der Waals surface area (Å²) in [5, 5.41) is 3.55. The topological polar surface area (TPSA) is 86.8 Å². The van der Waals surface area contributed by atoms with Gasteiger partial charge >= 0.3 is 6.18 Å². The molecular formula is C37H36Cl2F3N3O4S. The minimum atomic E-state index is -4.78. The molecule has 1 atom stereocenters. The van der Waals surface area contributed by atoms with Gasteiger partial charge in [-0.3, -0.25) is 13.9 Å². The van der Waals surface area contributed by atoms with Gasteiger partial charge in [-0.25, -0.2) is 8.42 Å². The van der Waals surface area contributed by atoms with Crippen LogP contribution in [0.3, 0.4) is 0 Å². The summed E-state index contributed by atoms with van der Waals surface area (Å²) < 4.78 is 70.6. The first kappa shape index (κ1) is 37.2. The predicted octanol–water partition coefficient (Wildman–Crippen LogP) is 8.21. The van der Waals surface area contributed by atoms with Crippen molar-refractivity contribution in [3.05, 3.63) is 129 Å². The first-order chi connectivity index (χ1) is 23.7. The molecule has 1 N–H and O–H groups in total. The second-order valence-corrected chi connectivity index (χ2v) is 15.0. The van der Waals surface area contributed by atoms with E-state index < -0.39 is 46.2 Å². The van der Waals surface area contributed by atoms with Crippen molar-refractivity contribution >= 4 is 50.7 Å². The molecule has 4 aromatic rings. The molecule has 50 heavy (non-hydrogen) atoms. The molecule has 0 radical (unpaired) electrons. The molecule has 0 saturated heterocycles. The van der Waals surface area contributed by atoms with Gasteiger partial charge < -0.3 is 10.2 Å². The number of nitrogens with one attached hydrogen (secondary N) is 1. The molecule has 0 heterocycles. The van der Waals surface area contributed by atoms with Crippen molar-refractivity contribution in [1.82, 2.24) is 10.2 Å². The zero-order valence-electron chi connectivity index (χ0n) is 27.2. The van der Waals surface area contributed by atoms with Crippen LogP contribution in [0.5, 0.6) is 0 Å². The Morgan fingerprint density at radius 3 is 2.18 bits per heavy atom. The molecule has 0 bridgehead atoms. The Hall–Kier alpha value is -4.06. The number of hydrogen-bond donors (Lipinski definition) is 1. The van der Waals surface area contributed by atoms with Crippen molar-refractivity contribution in [2.24, 2.45) is 0 Å². The molecule has 1 aliphatic rings. The number of aryl methyl sites for hydroxylation is 1. The molecule has 13 heteroatoms. The normalized spacial score (nSPS) is 14.3. The van der Waals surface area contributed by atoms with Crippen LogP contribution in [-0.4, -0.2) is 43.8 Å². The second-order valence-electron chi connectivity index (χ2n) is 12.3. The molecule has 1 aliphatic carbocycles. The van der Waals surface area contributed by atoms with E-state index in [2.05, 4.69) is 5.32 Å². The Kier molecular flexibility index (Phi) is 11.8. The Labute approximate surface area is 300 Å². The van der Waals surface area contributed by atoms with Gasteiger partial charge in [-0.15, -0.1) is 0 Å². The van der Waals surface area contributed by atoms with E-state index in [0.717, 1.165) is 48.9 Å². The summed E-state index contributed by atoms with van der Waals surface area (Å²) in [6.07, 6.45) is -1.24. The van der Waals surface area contributed by atoms with Gasteiger partial charge in [0, 0.05) is 19.0 Å². The van der Waals surface area contributed by atoms with Crippen LogP contribution in [0.25, 0.3) is 0 Å². The first-order valence-corrected chi connectivity index (χ1v) is 18.3.